The standard InChI is InChI=1S/C26H28BN3O2/c1-29(2)25(30(3)4)23(26(31)32)28-24(20-14-8-5-9-15-20)27(21-16-10-6-11-17-21)22-18-12-7-13-19-22/h5-19H,1-4H3,(H,31,32)/b28-24+. The molecule has 0 radical (unpaired) electrons. The summed E-state index contributed by atoms with van der Waals surface area (Å²) in [6.07, 6.45) is 0. The van der Waals surface area contributed by atoms with E-state index < -0.39 is 5.97 Å². The van der Waals surface area contributed by atoms with E-state index in [0.29, 0.717) is 11.4 Å². The number of carboxylic acids is 1. The summed E-state index contributed by atoms with van der Waals surface area (Å²) in [5, 5.41) is 10.1. The summed E-state index contributed by atoms with van der Waals surface area (Å²) in [4.78, 5) is 20.8. The van der Waals surface area contributed by atoms with Crippen LogP contribution in [0.2, 0.25) is 0 Å². The number of aliphatic carboxylic acids is 1. The first-order valence-electron chi connectivity index (χ1n) is 10.5. The van der Waals surface area contributed by atoms with Gasteiger partial charge in [-0.2, -0.15) is 0 Å². The first kappa shape index (κ1) is 22.9. The Balaban J connectivity index is 2.37. The molecule has 0 fully saturated rings. The van der Waals surface area contributed by atoms with E-state index >= 15 is 0 Å². The maximum atomic E-state index is 12.4. The van der Waals surface area contributed by atoms with E-state index in [1.54, 1.807) is 9.80 Å². The predicted octanol–water partition coefficient (Wildman–Crippen LogP) is 2.70. The van der Waals surface area contributed by atoms with Gasteiger partial charge in [0.25, 0.3) is 6.71 Å². The Bertz CT molecular complexity index is 1050. The molecule has 0 heterocycles. The van der Waals surface area contributed by atoms with Crippen LogP contribution in [0.5, 0.6) is 0 Å². The second-order valence-electron chi connectivity index (χ2n) is 7.88. The van der Waals surface area contributed by atoms with Crippen LogP contribution in [0.3, 0.4) is 0 Å². The quantitative estimate of drug-likeness (QED) is 0.343. The summed E-state index contributed by atoms with van der Waals surface area (Å²) in [6, 6.07) is 29.9. The lowest BCUT2D eigenvalue weighted by molar-refractivity contribution is -0.133. The number of hydrogen-bond donors (Lipinski definition) is 1. The van der Waals surface area contributed by atoms with Gasteiger partial charge in [-0.05, 0) is 5.56 Å². The maximum Gasteiger partial charge on any atom is 0.358 e. The Morgan fingerprint density at radius 1 is 0.719 bits per heavy atom. The molecule has 3 rings (SSSR count). The van der Waals surface area contributed by atoms with Crippen LogP contribution in [0.1, 0.15) is 5.56 Å². The average molecular weight is 425 g/mol. The van der Waals surface area contributed by atoms with Gasteiger partial charge in [0.15, 0.2) is 5.70 Å². The monoisotopic (exact) mass is 425 g/mol. The Labute approximate surface area is 190 Å². The third kappa shape index (κ3) is 5.27. The van der Waals surface area contributed by atoms with Crippen molar-refractivity contribution in [2.24, 2.45) is 4.99 Å². The molecule has 0 bridgehead atoms. The lowest BCUT2D eigenvalue weighted by Gasteiger charge is -2.26. The van der Waals surface area contributed by atoms with E-state index in [1.807, 2.05) is 94.9 Å². The summed E-state index contributed by atoms with van der Waals surface area (Å²) in [6.45, 7) is -0.236. The smallest absolute Gasteiger partial charge is 0.358 e. The Morgan fingerprint density at radius 2 is 1.12 bits per heavy atom. The Hall–Kier alpha value is -3.80. The molecule has 0 aliphatic carbocycles. The van der Waals surface area contributed by atoms with Crippen LogP contribution >= 0.6 is 0 Å². The molecule has 6 heteroatoms. The summed E-state index contributed by atoms with van der Waals surface area (Å²) in [7, 11) is 7.29. The highest BCUT2D eigenvalue weighted by atomic mass is 16.4. The molecular weight excluding hydrogens is 397 g/mol. The minimum atomic E-state index is -1.07. The number of rotatable bonds is 8. The average Bonchev–Trinajstić information content (AvgIpc) is 2.79. The van der Waals surface area contributed by atoms with Gasteiger partial charge in [0, 0.05) is 33.8 Å². The van der Waals surface area contributed by atoms with Crippen molar-refractivity contribution in [2.75, 3.05) is 28.2 Å². The molecule has 0 amide bonds. The maximum absolute atomic E-state index is 12.4. The largest absolute Gasteiger partial charge is 0.476 e. The zero-order valence-corrected chi connectivity index (χ0v) is 18.9. The summed E-state index contributed by atoms with van der Waals surface area (Å²) in [5.41, 5.74) is 3.64. The third-order valence-electron chi connectivity index (χ3n) is 5.10. The first-order valence-corrected chi connectivity index (χ1v) is 10.5. The van der Waals surface area contributed by atoms with Crippen LogP contribution in [-0.4, -0.2) is 61.4 Å². The molecular formula is C26H28BN3O2. The SMILES string of the molecule is CN(C)C(=C(/N=C(/B(c1ccccc1)c1ccccc1)c1ccccc1)C(=O)O)N(C)C. The zero-order valence-electron chi connectivity index (χ0n) is 18.9. The van der Waals surface area contributed by atoms with E-state index in [9.17, 15) is 9.90 Å². The molecule has 1 N–H and O–H groups in total. The van der Waals surface area contributed by atoms with Crippen molar-refractivity contribution in [1.82, 2.24) is 9.80 Å². The van der Waals surface area contributed by atoms with Gasteiger partial charge < -0.3 is 14.9 Å². The lowest BCUT2D eigenvalue weighted by atomic mass is 9.36. The minimum Gasteiger partial charge on any atom is -0.476 e. The number of hydrogen-bond acceptors (Lipinski definition) is 4. The van der Waals surface area contributed by atoms with Gasteiger partial charge in [0.2, 0.25) is 0 Å². The van der Waals surface area contributed by atoms with Crippen molar-refractivity contribution in [1.29, 1.82) is 0 Å². The topological polar surface area (TPSA) is 56.1 Å². The van der Waals surface area contributed by atoms with E-state index in [0.717, 1.165) is 16.5 Å². The Kier molecular flexibility index (Phi) is 7.50. The molecule has 0 unspecified atom stereocenters. The van der Waals surface area contributed by atoms with E-state index in [1.165, 1.54) is 0 Å². The highest BCUT2D eigenvalue weighted by Crippen LogP contribution is 2.16. The van der Waals surface area contributed by atoms with Crippen molar-refractivity contribution in [3.8, 4) is 0 Å². The van der Waals surface area contributed by atoms with Gasteiger partial charge in [0.1, 0.15) is 5.82 Å². The Morgan fingerprint density at radius 3 is 1.50 bits per heavy atom. The second kappa shape index (κ2) is 10.5. The van der Waals surface area contributed by atoms with E-state index in [2.05, 4.69) is 24.3 Å². The molecule has 0 saturated heterocycles. The van der Waals surface area contributed by atoms with Crippen molar-refractivity contribution >= 4 is 29.2 Å². The minimum absolute atomic E-state index is 0.00397. The molecule has 3 aromatic rings. The highest BCUT2D eigenvalue weighted by molar-refractivity contribution is 7.10. The fraction of sp³-hybridized carbons (Fsp3) is 0.154. The molecule has 0 spiro atoms. The number of carbonyl (C=O) groups is 1. The molecule has 0 aromatic heterocycles. The van der Waals surface area contributed by atoms with Crippen molar-refractivity contribution in [3.63, 3.8) is 0 Å². The molecule has 32 heavy (non-hydrogen) atoms. The van der Waals surface area contributed by atoms with Crippen molar-refractivity contribution in [2.45, 2.75) is 0 Å². The van der Waals surface area contributed by atoms with Crippen LogP contribution in [-0.2, 0) is 4.79 Å². The fourth-order valence-electron chi connectivity index (χ4n) is 3.84. The number of aliphatic imine (C=N–C) groups is 1. The molecule has 0 atom stereocenters. The molecule has 5 nitrogen and oxygen atoms in total. The molecule has 0 aliphatic rings. The van der Waals surface area contributed by atoms with Gasteiger partial charge in [-0.1, -0.05) is 102 Å². The normalized spacial score (nSPS) is 10.9. The summed E-state index contributed by atoms with van der Waals surface area (Å²) >= 11 is 0. The van der Waals surface area contributed by atoms with E-state index in [-0.39, 0.29) is 12.4 Å². The summed E-state index contributed by atoms with van der Waals surface area (Å²) < 4.78 is 0. The number of carboxylic acid groups (broad SMARTS) is 1. The highest BCUT2D eigenvalue weighted by Gasteiger charge is 2.29. The molecule has 3 aromatic carbocycles. The van der Waals surface area contributed by atoms with Gasteiger partial charge in [-0.3, -0.25) is 4.99 Å². The summed E-state index contributed by atoms with van der Waals surface area (Å²) in [5.74, 6) is -0.554. The van der Waals surface area contributed by atoms with Crippen LogP contribution in [0.4, 0.5) is 0 Å². The van der Waals surface area contributed by atoms with Crippen LogP contribution in [0.25, 0.3) is 0 Å². The van der Waals surface area contributed by atoms with Crippen molar-refractivity contribution < 1.29 is 9.90 Å². The van der Waals surface area contributed by atoms with Crippen LogP contribution in [0, 0.1) is 0 Å². The number of nitrogens with zero attached hydrogens (tertiary/aromatic N) is 3. The molecule has 0 saturated carbocycles. The van der Waals surface area contributed by atoms with Gasteiger partial charge in [-0.15, -0.1) is 0 Å². The lowest BCUT2D eigenvalue weighted by Crippen LogP contribution is -2.50. The second-order valence-corrected chi connectivity index (χ2v) is 7.88. The van der Waals surface area contributed by atoms with E-state index in [4.69, 9.17) is 4.99 Å². The van der Waals surface area contributed by atoms with Gasteiger partial charge >= 0.3 is 5.97 Å². The van der Waals surface area contributed by atoms with Crippen LogP contribution < -0.4 is 10.9 Å². The molecule has 0 aliphatic heterocycles. The number of benzene rings is 3. The predicted molar refractivity (Wildman–Crippen MR) is 133 cm³/mol. The van der Waals surface area contributed by atoms with Crippen LogP contribution in [0.15, 0.2) is 108 Å². The van der Waals surface area contributed by atoms with Crippen molar-refractivity contribution in [3.05, 3.63) is 108 Å². The third-order valence-corrected chi connectivity index (χ3v) is 5.10. The van der Waals surface area contributed by atoms with Gasteiger partial charge in [-0.25, -0.2) is 4.79 Å². The fourth-order valence-corrected chi connectivity index (χ4v) is 3.84. The first-order chi connectivity index (χ1) is 15.4. The van der Waals surface area contributed by atoms with Gasteiger partial charge in [0.05, 0.1) is 0 Å². The molecule has 162 valence electrons. The zero-order chi connectivity index (χ0) is 23.1.